The monoisotopic (exact) mass is 277 g/mol. The van der Waals surface area contributed by atoms with E-state index >= 15 is 0 Å². The summed E-state index contributed by atoms with van der Waals surface area (Å²) in [7, 11) is 0. The lowest BCUT2D eigenvalue weighted by molar-refractivity contribution is 1.25. The number of aryl methyl sites for hydroxylation is 3. The van der Waals surface area contributed by atoms with Crippen LogP contribution < -0.4 is 11.1 Å². The Bertz CT molecular complexity index is 822. The van der Waals surface area contributed by atoms with Crippen LogP contribution in [0.5, 0.6) is 0 Å². The fraction of sp³-hybridized carbons (Fsp3) is 0.167. The minimum Gasteiger partial charge on any atom is -0.399 e. The Kier molecular flexibility index (Phi) is 3.26. The number of nitrogen functional groups attached to an aromatic ring is 1. The quantitative estimate of drug-likeness (QED) is 0.679. The minimum atomic E-state index is 0.747. The Morgan fingerprint density at radius 1 is 0.905 bits per heavy atom. The van der Waals surface area contributed by atoms with Crippen LogP contribution in [0.1, 0.15) is 16.8 Å². The first-order valence-corrected chi connectivity index (χ1v) is 7.04. The van der Waals surface area contributed by atoms with E-state index in [-0.39, 0.29) is 0 Å². The molecule has 0 aliphatic carbocycles. The van der Waals surface area contributed by atoms with Gasteiger partial charge < -0.3 is 11.1 Å². The molecule has 1 heterocycles. The number of anilines is 3. The summed E-state index contributed by atoms with van der Waals surface area (Å²) < 4.78 is 0. The molecule has 21 heavy (non-hydrogen) atoms. The Morgan fingerprint density at radius 3 is 2.48 bits per heavy atom. The van der Waals surface area contributed by atoms with Gasteiger partial charge in [0.15, 0.2) is 0 Å². The van der Waals surface area contributed by atoms with Crippen LogP contribution in [0.25, 0.3) is 10.9 Å². The largest absolute Gasteiger partial charge is 0.399 e. The van der Waals surface area contributed by atoms with Gasteiger partial charge in [0.1, 0.15) is 0 Å². The molecule has 0 spiro atoms. The fourth-order valence-corrected chi connectivity index (χ4v) is 2.45. The zero-order valence-corrected chi connectivity index (χ0v) is 12.6. The smallest absolute Gasteiger partial charge is 0.0727 e. The predicted octanol–water partition coefficient (Wildman–Crippen LogP) is 4.49. The van der Waals surface area contributed by atoms with Crippen molar-refractivity contribution in [1.82, 2.24) is 4.98 Å². The molecule has 0 saturated heterocycles. The van der Waals surface area contributed by atoms with Gasteiger partial charge in [-0.3, -0.25) is 4.98 Å². The molecule has 0 radical (unpaired) electrons. The Labute approximate surface area is 124 Å². The van der Waals surface area contributed by atoms with Crippen LogP contribution in [-0.4, -0.2) is 4.98 Å². The van der Waals surface area contributed by atoms with Crippen LogP contribution in [0.3, 0.4) is 0 Å². The van der Waals surface area contributed by atoms with Crippen molar-refractivity contribution < 1.29 is 0 Å². The molecule has 0 atom stereocenters. The maximum atomic E-state index is 5.91. The summed E-state index contributed by atoms with van der Waals surface area (Å²) in [4.78, 5) is 4.56. The summed E-state index contributed by atoms with van der Waals surface area (Å²) in [5.74, 6) is 0. The molecule has 2 aromatic carbocycles. The molecule has 0 saturated carbocycles. The molecular weight excluding hydrogens is 258 g/mol. The van der Waals surface area contributed by atoms with Crippen molar-refractivity contribution in [3.8, 4) is 0 Å². The van der Waals surface area contributed by atoms with E-state index in [2.05, 4.69) is 48.4 Å². The summed E-state index contributed by atoms with van der Waals surface area (Å²) in [6, 6.07) is 14.2. The van der Waals surface area contributed by atoms with Crippen LogP contribution >= 0.6 is 0 Å². The highest BCUT2D eigenvalue weighted by Crippen LogP contribution is 2.28. The molecule has 3 aromatic rings. The van der Waals surface area contributed by atoms with Crippen LogP contribution in [0.4, 0.5) is 17.1 Å². The normalized spacial score (nSPS) is 10.8. The second-order valence-corrected chi connectivity index (χ2v) is 5.51. The Hall–Kier alpha value is -2.55. The SMILES string of the molecule is Cc1cc(Nc2ccc(C)c(C)c2)c2cc(N)ccc2n1. The molecule has 0 aliphatic rings. The highest BCUT2D eigenvalue weighted by atomic mass is 14.9. The van der Waals surface area contributed by atoms with E-state index in [1.165, 1.54) is 11.1 Å². The molecule has 3 rings (SSSR count). The van der Waals surface area contributed by atoms with Gasteiger partial charge in [-0.2, -0.15) is 0 Å². The van der Waals surface area contributed by atoms with Gasteiger partial charge in [-0.15, -0.1) is 0 Å². The Morgan fingerprint density at radius 2 is 1.71 bits per heavy atom. The number of pyridine rings is 1. The van der Waals surface area contributed by atoms with Gasteiger partial charge in [0.05, 0.1) is 5.52 Å². The molecule has 0 bridgehead atoms. The Balaban J connectivity index is 2.10. The fourth-order valence-electron chi connectivity index (χ4n) is 2.45. The minimum absolute atomic E-state index is 0.747. The van der Waals surface area contributed by atoms with Gasteiger partial charge >= 0.3 is 0 Å². The molecule has 3 N–H and O–H groups in total. The second-order valence-electron chi connectivity index (χ2n) is 5.51. The van der Waals surface area contributed by atoms with E-state index in [4.69, 9.17) is 5.73 Å². The first kappa shape index (κ1) is 13.4. The molecule has 3 nitrogen and oxygen atoms in total. The van der Waals surface area contributed by atoms with Crippen molar-refractivity contribution in [1.29, 1.82) is 0 Å². The van der Waals surface area contributed by atoms with Crippen LogP contribution in [0.15, 0.2) is 42.5 Å². The van der Waals surface area contributed by atoms with E-state index in [0.717, 1.165) is 33.7 Å². The van der Waals surface area contributed by atoms with Crippen molar-refractivity contribution in [2.45, 2.75) is 20.8 Å². The lowest BCUT2D eigenvalue weighted by Crippen LogP contribution is -1.96. The van der Waals surface area contributed by atoms with Crippen molar-refractivity contribution in [3.05, 3.63) is 59.3 Å². The highest BCUT2D eigenvalue weighted by molar-refractivity contribution is 5.95. The summed E-state index contributed by atoms with van der Waals surface area (Å²) in [5, 5.41) is 4.53. The summed E-state index contributed by atoms with van der Waals surface area (Å²) in [6.07, 6.45) is 0. The van der Waals surface area contributed by atoms with E-state index in [9.17, 15) is 0 Å². The van der Waals surface area contributed by atoms with Crippen LogP contribution in [0, 0.1) is 20.8 Å². The van der Waals surface area contributed by atoms with Crippen molar-refractivity contribution in [3.63, 3.8) is 0 Å². The van der Waals surface area contributed by atoms with Gasteiger partial charge in [0.2, 0.25) is 0 Å². The lowest BCUT2D eigenvalue weighted by Gasteiger charge is -2.12. The number of fused-ring (bicyclic) bond motifs is 1. The van der Waals surface area contributed by atoms with Gasteiger partial charge in [-0.25, -0.2) is 0 Å². The van der Waals surface area contributed by atoms with Crippen LogP contribution in [-0.2, 0) is 0 Å². The molecule has 1 aromatic heterocycles. The molecular formula is C18H19N3. The molecule has 3 heteroatoms. The molecule has 0 unspecified atom stereocenters. The number of benzene rings is 2. The topological polar surface area (TPSA) is 50.9 Å². The molecule has 106 valence electrons. The number of nitrogens with two attached hydrogens (primary N) is 1. The van der Waals surface area contributed by atoms with Crippen molar-refractivity contribution >= 4 is 28.0 Å². The number of aromatic nitrogens is 1. The number of nitrogens with one attached hydrogen (secondary N) is 1. The van der Waals surface area contributed by atoms with Gasteiger partial charge in [0, 0.05) is 28.1 Å². The average Bonchev–Trinajstić information content (AvgIpc) is 2.43. The summed E-state index contributed by atoms with van der Waals surface area (Å²) >= 11 is 0. The van der Waals surface area contributed by atoms with Crippen molar-refractivity contribution in [2.75, 3.05) is 11.1 Å². The highest BCUT2D eigenvalue weighted by Gasteiger charge is 2.06. The van der Waals surface area contributed by atoms with Gasteiger partial charge in [0.25, 0.3) is 0 Å². The zero-order chi connectivity index (χ0) is 15.0. The van der Waals surface area contributed by atoms with Crippen molar-refractivity contribution in [2.24, 2.45) is 0 Å². The molecule has 0 aliphatic heterocycles. The standard InChI is InChI=1S/C18H19N3/c1-11-4-6-15(8-12(11)2)21-18-9-13(3)20-17-7-5-14(19)10-16(17)18/h4-10H,19H2,1-3H3,(H,20,21). The van der Waals surface area contributed by atoms with E-state index in [1.807, 2.05) is 25.1 Å². The number of hydrogen-bond donors (Lipinski definition) is 2. The third-order valence-electron chi connectivity index (χ3n) is 3.75. The molecule has 0 amide bonds. The maximum absolute atomic E-state index is 5.91. The molecule has 0 fully saturated rings. The van der Waals surface area contributed by atoms with E-state index in [0.29, 0.717) is 0 Å². The average molecular weight is 277 g/mol. The third kappa shape index (κ3) is 2.68. The summed E-state index contributed by atoms with van der Waals surface area (Å²) in [5.41, 5.74) is 13.3. The number of hydrogen-bond acceptors (Lipinski definition) is 3. The maximum Gasteiger partial charge on any atom is 0.0727 e. The number of rotatable bonds is 2. The number of nitrogens with zero attached hydrogens (tertiary/aromatic N) is 1. The lowest BCUT2D eigenvalue weighted by atomic mass is 10.1. The first-order chi connectivity index (χ1) is 10.0. The van der Waals surface area contributed by atoms with E-state index < -0.39 is 0 Å². The van der Waals surface area contributed by atoms with E-state index in [1.54, 1.807) is 0 Å². The second kappa shape index (κ2) is 5.09. The first-order valence-electron chi connectivity index (χ1n) is 7.04. The summed E-state index contributed by atoms with van der Waals surface area (Å²) in [6.45, 7) is 6.24. The van der Waals surface area contributed by atoms with Crippen LogP contribution in [0.2, 0.25) is 0 Å². The van der Waals surface area contributed by atoms with Gasteiger partial charge in [-0.05, 0) is 68.3 Å². The zero-order valence-electron chi connectivity index (χ0n) is 12.6. The third-order valence-corrected chi connectivity index (χ3v) is 3.75. The van der Waals surface area contributed by atoms with Gasteiger partial charge in [-0.1, -0.05) is 6.07 Å². The predicted molar refractivity (Wildman–Crippen MR) is 90.1 cm³/mol.